The number of nitrogens with two attached hydrogens (primary N) is 1. The summed E-state index contributed by atoms with van der Waals surface area (Å²) in [5.74, 6) is 1.11. The molecule has 2 rings (SSSR count). The molecule has 2 N–H and O–H groups in total. The normalized spacial score (nSPS) is 10.6. The van der Waals surface area contributed by atoms with Crippen LogP contribution in [0.4, 0.5) is 5.95 Å². The van der Waals surface area contributed by atoms with E-state index < -0.39 is 0 Å². The molecule has 0 saturated heterocycles. The average Bonchev–Trinajstić information content (AvgIpc) is 2.58. The predicted octanol–water partition coefficient (Wildman–Crippen LogP) is 2.45. The largest absolute Gasteiger partial charge is 0.454 e. The van der Waals surface area contributed by atoms with Gasteiger partial charge in [0.2, 0.25) is 5.95 Å². The Hall–Kier alpha value is -0.880. The first-order chi connectivity index (χ1) is 6.16. The van der Waals surface area contributed by atoms with E-state index >= 15 is 0 Å². The summed E-state index contributed by atoms with van der Waals surface area (Å²) >= 11 is 4.51. The highest BCUT2D eigenvalue weighted by atomic mass is 79.9. The van der Waals surface area contributed by atoms with Crippen LogP contribution in [-0.4, -0.2) is 9.36 Å². The Labute approximate surface area is 87.1 Å². The quantitative estimate of drug-likeness (QED) is 0.855. The molecule has 0 aliphatic carbocycles. The summed E-state index contributed by atoms with van der Waals surface area (Å²) in [4.78, 5) is 4.06. The van der Waals surface area contributed by atoms with Gasteiger partial charge in [-0.25, -0.2) is 0 Å². The standard InChI is InChI=1S/C7H6BrN3OS/c1-3-4(2-5(8)12-3)6-10-7(9)11-13-6/h2H,1H3,(H2,9,11). The lowest BCUT2D eigenvalue weighted by molar-refractivity contribution is 0.511. The van der Waals surface area contributed by atoms with Crippen molar-refractivity contribution >= 4 is 33.4 Å². The molecule has 0 aromatic carbocycles. The maximum absolute atomic E-state index is 5.42. The molecule has 2 aromatic rings. The van der Waals surface area contributed by atoms with Crippen LogP contribution < -0.4 is 5.73 Å². The van der Waals surface area contributed by atoms with E-state index in [9.17, 15) is 0 Å². The molecule has 0 spiro atoms. The number of nitrogens with zero attached hydrogens (tertiary/aromatic N) is 2. The van der Waals surface area contributed by atoms with E-state index in [1.54, 1.807) is 0 Å². The summed E-state index contributed by atoms with van der Waals surface area (Å²) in [6, 6.07) is 1.86. The van der Waals surface area contributed by atoms with Crippen LogP contribution >= 0.6 is 27.5 Å². The molecular formula is C7H6BrN3OS. The van der Waals surface area contributed by atoms with Crippen molar-refractivity contribution in [2.45, 2.75) is 6.92 Å². The second-order valence-electron chi connectivity index (χ2n) is 2.48. The first kappa shape index (κ1) is 8.71. The van der Waals surface area contributed by atoms with E-state index in [1.807, 2.05) is 13.0 Å². The molecule has 0 saturated carbocycles. The number of halogens is 1. The Bertz CT molecular complexity index is 437. The van der Waals surface area contributed by atoms with E-state index in [0.717, 1.165) is 16.3 Å². The van der Waals surface area contributed by atoms with E-state index in [2.05, 4.69) is 25.3 Å². The second-order valence-corrected chi connectivity index (χ2v) is 4.01. The second kappa shape index (κ2) is 3.12. The number of anilines is 1. The lowest BCUT2D eigenvalue weighted by Gasteiger charge is -1.87. The van der Waals surface area contributed by atoms with Crippen LogP contribution in [0.25, 0.3) is 10.6 Å². The third-order valence-electron chi connectivity index (χ3n) is 1.56. The van der Waals surface area contributed by atoms with Gasteiger partial charge in [-0.3, -0.25) is 0 Å². The molecule has 0 aliphatic heterocycles. The molecule has 0 aliphatic rings. The van der Waals surface area contributed by atoms with Crippen LogP contribution in [0.5, 0.6) is 0 Å². The van der Waals surface area contributed by atoms with Gasteiger partial charge in [-0.15, -0.1) is 0 Å². The number of rotatable bonds is 1. The maximum Gasteiger partial charge on any atom is 0.232 e. The van der Waals surface area contributed by atoms with Crippen LogP contribution in [0, 0.1) is 6.92 Å². The van der Waals surface area contributed by atoms with Gasteiger partial charge in [-0.1, -0.05) is 0 Å². The van der Waals surface area contributed by atoms with E-state index in [1.165, 1.54) is 11.5 Å². The fraction of sp³-hybridized carbons (Fsp3) is 0.143. The summed E-state index contributed by atoms with van der Waals surface area (Å²) in [6.45, 7) is 1.87. The number of hydrogen-bond donors (Lipinski definition) is 1. The summed E-state index contributed by atoms with van der Waals surface area (Å²) in [5, 5.41) is 0.782. The number of hydrogen-bond acceptors (Lipinski definition) is 5. The molecule has 4 nitrogen and oxygen atoms in total. The zero-order chi connectivity index (χ0) is 9.42. The van der Waals surface area contributed by atoms with Crippen LogP contribution in [0.2, 0.25) is 0 Å². The smallest absolute Gasteiger partial charge is 0.232 e. The van der Waals surface area contributed by atoms with E-state index in [4.69, 9.17) is 10.2 Å². The predicted molar refractivity (Wildman–Crippen MR) is 54.5 cm³/mol. The summed E-state index contributed by atoms with van der Waals surface area (Å²) in [7, 11) is 0. The Balaban J connectivity index is 2.51. The van der Waals surface area contributed by atoms with Crippen LogP contribution in [0.1, 0.15) is 5.76 Å². The van der Waals surface area contributed by atoms with Gasteiger partial charge in [0.05, 0.1) is 5.56 Å². The molecule has 0 unspecified atom stereocenters. The lowest BCUT2D eigenvalue weighted by atomic mass is 10.3. The number of aromatic nitrogens is 2. The Kier molecular flexibility index (Phi) is 2.09. The molecule has 2 aromatic heterocycles. The fourth-order valence-electron chi connectivity index (χ4n) is 1.00. The number of aryl methyl sites for hydroxylation is 1. The van der Waals surface area contributed by atoms with Gasteiger partial charge in [0.1, 0.15) is 10.8 Å². The highest BCUT2D eigenvalue weighted by Crippen LogP contribution is 2.30. The molecule has 0 fully saturated rings. The van der Waals surface area contributed by atoms with Gasteiger partial charge < -0.3 is 10.2 Å². The highest BCUT2D eigenvalue weighted by Gasteiger charge is 2.11. The molecular weight excluding hydrogens is 254 g/mol. The van der Waals surface area contributed by atoms with Crippen molar-refractivity contribution < 1.29 is 4.42 Å². The minimum Gasteiger partial charge on any atom is -0.454 e. The highest BCUT2D eigenvalue weighted by molar-refractivity contribution is 9.10. The molecule has 13 heavy (non-hydrogen) atoms. The van der Waals surface area contributed by atoms with Gasteiger partial charge in [-0.05, 0) is 34.4 Å². The van der Waals surface area contributed by atoms with Crippen LogP contribution in [0.15, 0.2) is 15.2 Å². The third kappa shape index (κ3) is 1.59. The summed E-state index contributed by atoms with van der Waals surface area (Å²) in [5.41, 5.74) is 6.35. The molecule has 68 valence electrons. The topological polar surface area (TPSA) is 64.9 Å². The van der Waals surface area contributed by atoms with E-state index in [-0.39, 0.29) is 0 Å². The van der Waals surface area contributed by atoms with Crippen LogP contribution in [-0.2, 0) is 0 Å². The molecule has 6 heteroatoms. The maximum atomic E-state index is 5.42. The van der Waals surface area contributed by atoms with E-state index in [0.29, 0.717) is 10.6 Å². The molecule has 0 atom stereocenters. The van der Waals surface area contributed by atoms with Crippen molar-refractivity contribution in [3.63, 3.8) is 0 Å². The number of furan rings is 1. The fourth-order valence-corrected chi connectivity index (χ4v) is 2.13. The van der Waals surface area contributed by atoms with Gasteiger partial charge >= 0.3 is 0 Å². The summed E-state index contributed by atoms with van der Waals surface area (Å²) in [6.07, 6.45) is 0. The van der Waals surface area contributed by atoms with Crippen molar-refractivity contribution in [3.8, 4) is 10.6 Å². The zero-order valence-electron chi connectivity index (χ0n) is 6.74. The Morgan fingerprint density at radius 1 is 1.62 bits per heavy atom. The zero-order valence-corrected chi connectivity index (χ0v) is 9.15. The molecule has 0 radical (unpaired) electrons. The summed E-state index contributed by atoms with van der Waals surface area (Å²) < 4.78 is 9.88. The van der Waals surface area contributed by atoms with Crippen molar-refractivity contribution in [2.24, 2.45) is 0 Å². The SMILES string of the molecule is Cc1oc(Br)cc1-c1nc(N)ns1. The molecule has 0 bridgehead atoms. The minimum atomic E-state index is 0.303. The Morgan fingerprint density at radius 2 is 2.38 bits per heavy atom. The van der Waals surface area contributed by atoms with Crippen molar-refractivity contribution in [2.75, 3.05) is 5.73 Å². The van der Waals surface area contributed by atoms with Gasteiger partial charge in [0, 0.05) is 6.07 Å². The third-order valence-corrected chi connectivity index (χ3v) is 2.71. The first-order valence-corrected chi connectivity index (χ1v) is 5.09. The first-order valence-electron chi connectivity index (χ1n) is 3.52. The monoisotopic (exact) mass is 259 g/mol. The lowest BCUT2D eigenvalue weighted by Crippen LogP contribution is -1.85. The van der Waals surface area contributed by atoms with Crippen LogP contribution in [0.3, 0.4) is 0 Å². The minimum absolute atomic E-state index is 0.303. The molecule has 0 amide bonds. The van der Waals surface area contributed by atoms with Crippen molar-refractivity contribution in [1.29, 1.82) is 0 Å². The average molecular weight is 260 g/mol. The Morgan fingerprint density at radius 3 is 2.85 bits per heavy atom. The number of nitrogen functional groups attached to an aromatic ring is 1. The molecule has 2 heterocycles. The van der Waals surface area contributed by atoms with Gasteiger partial charge in [0.25, 0.3) is 0 Å². The van der Waals surface area contributed by atoms with Crippen molar-refractivity contribution in [3.05, 3.63) is 16.5 Å². The van der Waals surface area contributed by atoms with Crippen molar-refractivity contribution in [1.82, 2.24) is 9.36 Å². The van der Waals surface area contributed by atoms with Gasteiger partial charge in [0.15, 0.2) is 4.67 Å². The van der Waals surface area contributed by atoms with Gasteiger partial charge in [-0.2, -0.15) is 9.36 Å².